The number of sulfonamides is 1. The molecule has 0 aliphatic heterocycles. The molecular formula is C15H25N5O3S2. The number of nitrogens with zero attached hydrogens (tertiary/aromatic N) is 2. The number of amides is 1. The van der Waals surface area contributed by atoms with E-state index in [1.807, 2.05) is 14.1 Å². The van der Waals surface area contributed by atoms with E-state index in [1.165, 1.54) is 38.4 Å². The van der Waals surface area contributed by atoms with Gasteiger partial charge in [0.25, 0.3) is 5.91 Å². The van der Waals surface area contributed by atoms with E-state index in [-0.39, 0.29) is 10.5 Å². The number of carbonyl (C=O) groups excluding carboxylic acids is 1. The van der Waals surface area contributed by atoms with E-state index in [0.29, 0.717) is 11.7 Å². The molecule has 25 heavy (non-hydrogen) atoms. The lowest BCUT2D eigenvalue weighted by atomic mass is 10.2. The van der Waals surface area contributed by atoms with E-state index in [0.717, 1.165) is 17.3 Å². The fraction of sp³-hybridized carbons (Fsp3) is 0.467. The number of thiocarbonyl (C=S) groups is 1. The lowest BCUT2D eigenvalue weighted by Crippen LogP contribution is -2.47. The summed E-state index contributed by atoms with van der Waals surface area (Å²) in [6, 6.07) is 5.80. The Labute approximate surface area is 154 Å². The summed E-state index contributed by atoms with van der Waals surface area (Å²) in [4.78, 5) is 14.3. The molecule has 1 rings (SSSR count). The van der Waals surface area contributed by atoms with Gasteiger partial charge in [0.05, 0.1) is 4.90 Å². The maximum absolute atomic E-state index is 12.1. The Balaban J connectivity index is 2.57. The fourth-order valence-corrected chi connectivity index (χ4v) is 2.94. The van der Waals surface area contributed by atoms with Crippen molar-refractivity contribution in [2.75, 3.05) is 41.3 Å². The monoisotopic (exact) mass is 387 g/mol. The second kappa shape index (κ2) is 9.66. The van der Waals surface area contributed by atoms with Gasteiger partial charge in [0.1, 0.15) is 0 Å². The summed E-state index contributed by atoms with van der Waals surface area (Å²) in [5.41, 5.74) is 5.26. The fourth-order valence-electron chi connectivity index (χ4n) is 1.84. The molecule has 1 aromatic carbocycles. The van der Waals surface area contributed by atoms with Crippen LogP contribution < -0.4 is 16.2 Å². The van der Waals surface area contributed by atoms with Gasteiger partial charge in [0.15, 0.2) is 5.11 Å². The highest BCUT2D eigenvalue weighted by Crippen LogP contribution is 2.14. The molecule has 0 atom stereocenters. The van der Waals surface area contributed by atoms with Crippen molar-refractivity contribution in [1.82, 2.24) is 25.4 Å². The number of nitrogens with one attached hydrogen (secondary N) is 3. The first-order valence-electron chi connectivity index (χ1n) is 7.66. The molecule has 10 heteroatoms. The standard InChI is InChI=1S/C15H25N5O3S2/c1-19(2)10-6-9-16-15(24)18-17-14(21)12-7-5-8-13(11-12)25(22,23)20(3)4/h5,7-8,11H,6,9-10H2,1-4H3,(H,17,21)(H2,16,18,24). The summed E-state index contributed by atoms with van der Waals surface area (Å²) in [7, 11) is 3.25. The molecule has 140 valence electrons. The van der Waals surface area contributed by atoms with Crippen LogP contribution in [0.5, 0.6) is 0 Å². The van der Waals surface area contributed by atoms with Crippen molar-refractivity contribution in [2.24, 2.45) is 0 Å². The number of rotatable bonds is 7. The minimum atomic E-state index is -3.60. The molecule has 1 aromatic rings. The van der Waals surface area contributed by atoms with E-state index < -0.39 is 15.9 Å². The average Bonchev–Trinajstić information content (AvgIpc) is 2.56. The highest BCUT2D eigenvalue weighted by molar-refractivity contribution is 7.89. The summed E-state index contributed by atoms with van der Waals surface area (Å²) in [6.45, 7) is 1.60. The van der Waals surface area contributed by atoms with E-state index in [4.69, 9.17) is 12.2 Å². The second-order valence-corrected chi connectivity index (χ2v) is 8.37. The van der Waals surface area contributed by atoms with Crippen molar-refractivity contribution >= 4 is 33.3 Å². The Hall–Kier alpha value is -1.75. The predicted octanol–water partition coefficient (Wildman–Crippen LogP) is -0.00250. The van der Waals surface area contributed by atoms with Crippen LogP contribution in [0.2, 0.25) is 0 Å². The van der Waals surface area contributed by atoms with Crippen LogP contribution >= 0.6 is 12.2 Å². The van der Waals surface area contributed by atoms with Gasteiger partial charge < -0.3 is 10.2 Å². The van der Waals surface area contributed by atoms with Crippen molar-refractivity contribution in [3.05, 3.63) is 29.8 Å². The number of carbonyl (C=O) groups is 1. The van der Waals surface area contributed by atoms with Crippen molar-refractivity contribution in [1.29, 1.82) is 0 Å². The van der Waals surface area contributed by atoms with Crippen LogP contribution in [0, 0.1) is 0 Å². The number of hydrogen-bond donors (Lipinski definition) is 3. The lowest BCUT2D eigenvalue weighted by molar-refractivity contribution is 0.0943. The van der Waals surface area contributed by atoms with Crippen LogP contribution in [0.4, 0.5) is 0 Å². The molecule has 0 radical (unpaired) electrons. The van der Waals surface area contributed by atoms with Gasteiger partial charge in [-0.2, -0.15) is 0 Å². The number of benzene rings is 1. The zero-order valence-corrected chi connectivity index (χ0v) is 16.5. The molecule has 0 fully saturated rings. The molecule has 0 saturated heterocycles. The van der Waals surface area contributed by atoms with Crippen LogP contribution in [0.3, 0.4) is 0 Å². The zero-order valence-electron chi connectivity index (χ0n) is 14.9. The third-order valence-corrected chi connectivity index (χ3v) is 5.29. The molecule has 0 aliphatic carbocycles. The van der Waals surface area contributed by atoms with Crippen LogP contribution in [0.25, 0.3) is 0 Å². The molecule has 0 aliphatic rings. The first-order valence-corrected chi connectivity index (χ1v) is 9.51. The van der Waals surface area contributed by atoms with Crippen molar-refractivity contribution in [2.45, 2.75) is 11.3 Å². The van der Waals surface area contributed by atoms with Gasteiger partial charge in [-0.25, -0.2) is 12.7 Å². The maximum atomic E-state index is 12.1. The Kier molecular flexibility index (Phi) is 8.23. The molecule has 0 heterocycles. The third-order valence-electron chi connectivity index (χ3n) is 3.23. The Bertz CT molecular complexity index is 705. The summed E-state index contributed by atoms with van der Waals surface area (Å²) < 4.78 is 25.3. The summed E-state index contributed by atoms with van der Waals surface area (Å²) in [5.74, 6) is -0.478. The summed E-state index contributed by atoms with van der Waals surface area (Å²) >= 11 is 5.07. The van der Waals surface area contributed by atoms with Crippen molar-refractivity contribution < 1.29 is 13.2 Å². The topological polar surface area (TPSA) is 93.8 Å². The van der Waals surface area contributed by atoms with E-state index in [2.05, 4.69) is 21.1 Å². The predicted molar refractivity (Wildman–Crippen MR) is 102 cm³/mol. The van der Waals surface area contributed by atoms with Gasteiger partial charge >= 0.3 is 0 Å². The summed E-state index contributed by atoms with van der Waals surface area (Å²) in [6.07, 6.45) is 0.910. The molecule has 0 aromatic heterocycles. The molecule has 3 N–H and O–H groups in total. The first kappa shape index (κ1) is 21.3. The Morgan fingerprint density at radius 2 is 1.84 bits per heavy atom. The van der Waals surface area contributed by atoms with Gasteiger partial charge in [0, 0.05) is 26.2 Å². The maximum Gasteiger partial charge on any atom is 0.269 e. The highest BCUT2D eigenvalue weighted by atomic mass is 32.2. The quantitative estimate of drug-likeness (QED) is 0.344. The molecule has 1 amide bonds. The Morgan fingerprint density at radius 1 is 1.16 bits per heavy atom. The lowest BCUT2D eigenvalue weighted by Gasteiger charge is -2.14. The molecule has 0 saturated carbocycles. The molecule has 0 spiro atoms. The van der Waals surface area contributed by atoms with E-state index in [1.54, 1.807) is 0 Å². The van der Waals surface area contributed by atoms with Crippen LogP contribution in [-0.4, -0.2) is 69.9 Å². The molecule has 0 unspecified atom stereocenters. The van der Waals surface area contributed by atoms with E-state index >= 15 is 0 Å². The van der Waals surface area contributed by atoms with Crippen LogP contribution in [-0.2, 0) is 10.0 Å². The normalized spacial score (nSPS) is 11.4. The molecular weight excluding hydrogens is 362 g/mol. The van der Waals surface area contributed by atoms with Crippen LogP contribution in [0.1, 0.15) is 16.8 Å². The minimum absolute atomic E-state index is 0.0505. The number of hydrogen-bond acceptors (Lipinski definition) is 5. The minimum Gasteiger partial charge on any atom is -0.361 e. The van der Waals surface area contributed by atoms with Crippen LogP contribution in [0.15, 0.2) is 29.2 Å². The second-order valence-electron chi connectivity index (χ2n) is 5.81. The van der Waals surface area contributed by atoms with Gasteiger partial charge in [0.2, 0.25) is 10.0 Å². The summed E-state index contributed by atoms with van der Waals surface area (Å²) in [5, 5.41) is 3.27. The average molecular weight is 388 g/mol. The Morgan fingerprint density at radius 3 is 2.44 bits per heavy atom. The van der Waals surface area contributed by atoms with Crippen molar-refractivity contribution in [3.63, 3.8) is 0 Å². The van der Waals surface area contributed by atoms with Gasteiger partial charge in [-0.3, -0.25) is 15.6 Å². The number of hydrazine groups is 1. The van der Waals surface area contributed by atoms with Gasteiger partial charge in [-0.15, -0.1) is 0 Å². The van der Waals surface area contributed by atoms with Gasteiger partial charge in [-0.1, -0.05) is 6.07 Å². The third kappa shape index (κ3) is 6.94. The van der Waals surface area contributed by atoms with Crippen molar-refractivity contribution in [3.8, 4) is 0 Å². The smallest absolute Gasteiger partial charge is 0.269 e. The molecule has 0 bridgehead atoms. The molecule has 8 nitrogen and oxygen atoms in total. The highest BCUT2D eigenvalue weighted by Gasteiger charge is 2.18. The SMILES string of the molecule is CN(C)CCCNC(=S)NNC(=O)c1cccc(S(=O)(=O)N(C)C)c1. The largest absolute Gasteiger partial charge is 0.361 e. The van der Waals surface area contributed by atoms with E-state index in [9.17, 15) is 13.2 Å². The first-order chi connectivity index (χ1) is 11.6. The van der Waals surface area contributed by atoms with Gasteiger partial charge in [-0.05, 0) is 57.5 Å². The zero-order chi connectivity index (χ0) is 19.0.